The average Bonchev–Trinajstić information content (AvgIpc) is 2.80. The van der Waals surface area contributed by atoms with Crippen molar-refractivity contribution in [2.45, 2.75) is 39.0 Å². The number of ether oxygens (including phenoxy) is 2. The predicted molar refractivity (Wildman–Crippen MR) is 69.0 cm³/mol. The third-order valence-corrected chi connectivity index (χ3v) is 3.37. The van der Waals surface area contributed by atoms with Crippen LogP contribution in [0.2, 0.25) is 0 Å². The number of aliphatic carboxylic acids is 1. The van der Waals surface area contributed by atoms with E-state index in [2.05, 4.69) is 13.8 Å². The Balaban J connectivity index is 2.14. The molecule has 2 rings (SSSR count). The van der Waals surface area contributed by atoms with E-state index in [-0.39, 0.29) is 19.1 Å². The van der Waals surface area contributed by atoms with E-state index in [1.807, 2.05) is 18.2 Å². The van der Waals surface area contributed by atoms with Crippen LogP contribution in [0.3, 0.4) is 0 Å². The normalized spacial score (nSPS) is 14.7. The Bertz CT molecular complexity index is 453. The molecule has 0 unspecified atom stereocenters. The third kappa shape index (κ3) is 3.63. The van der Waals surface area contributed by atoms with Crippen molar-refractivity contribution < 1.29 is 19.4 Å². The lowest BCUT2D eigenvalue weighted by Gasteiger charge is -2.19. The molecular formula is C15H19O4-. The van der Waals surface area contributed by atoms with Crippen LogP contribution >= 0.6 is 0 Å². The standard InChI is InChI=1S/C15H20O4/c1-10(2)3-4-12(8-15(16)17)11-5-6-13-14(7-11)19-9-18-13/h5-7,10,12H,3-4,8-9H2,1-2H3,(H,16,17)/p-1/t12-/m0/s1. The van der Waals surface area contributed by atoms with Crippen LogP contribution in [0, 0.1) is 5.92 Å². The first-order valence-electron chi connectivity index (χ1n) is 6.65. The highest BCUT2D eigenvalue weighted by Crippen LogP contribution is 2.36. The van der Waals surface area contributed by atoms with Crippen LogP contribution in [0.1, 0.15) is 44.6 Å². The van der Waals surface area contributed by atoms with Gasteiger partial charge in [0.2, 0.25) is 6.79 Å². The minimum Gasteiger partial charge on any atom is -0.550 e. The molecule has 19 heavy (non-hydrogen) atoms. The van der Waals surface area contributed by atoms with Crippen LogP contribution in [0.4, 0.5) is 0 Å². The molecule has 1 heterocycles. The molecule has 0 N–H and O–H groups in total. The average molecular weight is 263 g/mol. The van der Waals surface area contributed by atoms with Crippen LogP contribution in [-0.4, -0.2) is 12.8 Å². The van der Waals surface area contributed by atoms with Gasteiger partial charge in [0, 0.05) is 5.97 Å². The van der Waals surface area contributed by atoms with Gasteiger partial charge < -0.3 is 19.4 Å². The maximum atomic E-state index is 10.9. The van der Waals surface area contributed by atoms with Crippen molar-refractivity contribution in [3.63, 3.8) is 0 Å². The van der Waals surface area contributed by atoms with Crippen molar-refractivity contribution in [1.82, 2.24) is 0 Å². The Hall–Kier alpha value is -1.71. The Labute approximate surface area is 113 Å². The summed E-state index contributed by atoms with van der Waals surface area (Å²) < 4.78 is 10.6. The third-order valence-electron chi connectivity index (χ3n) is 3.37. The Morgan fingerprint density at radius 3 is 2.68 bits per heavy atom. The maximum Gasteiger partial charge on any atom is 0.231 e. The molecule has 1 atom stereocenters. The van der Waals surface area contributed by atoms with Gasteiger partial charge in [0.15, 0.2) is 11.5 Å². The van der Waals surface area contributed by atoms with Gasteiger partial charge in [0.05, 0.1) is 0 Å². The molecule has 4 heteroatoms. The molecule has 0 saturated carbocycles. The number of hydrogen-bond acceptors (Lipinski definition) is 4. The van der Waals surface area contributed by atoms with Gasteiger partial charge in [0.25, 0.3) is 0 Å². The quantitative estimate of drug-likeness (QED) is 0.788. The van der Waals surface area contributed by atoms with Gasteiger partial charge in [-0.15, -0.1) is 0 Å². The maximum absolute atomic E-state index is 10.9. The van der Waals surface area contributed by atoms with Gasteiger partial charge in [0.1, 0.15) is 0 Å². The fraction of sp³-hybridized carbons (Fsp3) is 0.533. The van der Waals surface area contributed by atoms with E-state index in [0.717, 1.165) is 24.2 Å². The Morgan fingerprint density at radius 1 is 1.26 bits per heavy atom. The van der Waals surface area contributed by atoms with Crippen molar-refractivity contribution in [3.05, 3.63) is 23.8 Å². The highest BCUT2D eigenvalue weighted by molar-refractivity contribution is 5.65. The van der Waals surface area contributed by atoms with Crippen molar-refractivity contribution in [1.29, 1.82) is 0 Å². The molecule has 104 valence electrons. The molecule has 1 aliphatic heterocycles. The molecular weight excluding hydrogens is 244 g/mol. The van der Waals surface area contributed by atoms with Crippen molar-refractivity contribution >= 4 is 5.97 Å². The highest BCUT2D eigenvalue weighted by Gasteiger charge is 2.18. The van der Waals surface area contributed by atoms with Gasteiger partial charge in [-0.25, -0.2) is 0 Å². The number of fused-ring (bicyclic) bond motifs is 1. The number of rotatable bonds is 6. The lowest BCUT2D eigenvalue weighted by atomic mass is 9.88. The summed E-state index contributed by atoms with van der Waals surface area (Å²) in [5.74, 6) is 0.941. The van der Waals surface area contributed by atoms with Crippen LogP contribution < -0.4 is 14.6 Å². The van der Waals surface area contributed by atoms with Gasteiger partial charge in [-0.3, -0.25) is 0 Å². The van der Waals surface area contributed by atoms with Crippen LogP contribution in [0.25, 0.3) is 0 Å². The van der Waals surface area contributed by atoms with Gasteiger partial charge >= 0.3 is 0 Å². The minimum atomic E-state index is -1.01. The minimum absolute atomic E-state index is 0.0260. The molecule has 0 spiro atoms. The van der Waals surface area contributed by atoms with Crippen molar-refractivity contribution in [2.24, 2.45) is 5.92 Å². The van der Waals surface area contributed by atoms with Crippen LogP contribution in [-0.2, 0) is 4.79 Å². The first kappa shape index (κ1) is 13.7. The van der Waals surface area contributed by atoms with Gasteiger partial charge in [-0.1, -0.05) is 26.3 Å². The van der Waals surface area contributed by atoms with E-state index < -0.39 is 5.97 Å². The first-order valence-corrected chi connectivity index (χ1v) is 6.65. The zero-order chi connectivity index (χ0) is 13.8. The predicted octanol–water partition coefficient (Wildman–Crippen LogP) is 2.08. The fourth-order valence-electron chi connectivity index (χ4n) is 2.29. The van der Waals surface area contributed by atoms with Crippen molar-refractivity contribution in [2.75, 3.05) is 6.79 Å². The van der Waals surface area contributed by atoms with Gasteiger partial charge in [-0.2, -0.15) is 0 Å². The Kier molecular flexibility index (Phi) is 4.30. The highest BCUT2D eigenvalue weighted by atomic mass is 16.7. The summed E-state index contributed by atoms with van der Waals surface area (Å²) in [6, 6.07) is 5.65. The lowest BCUT2D eigenvalue weighted by Crippen LogP contribution is -2.24. The number of carbonyl (C=O) groups is 1. The second-order valence-corrected chi connectivity index (χ2v) is 5.36. The molecule has 0 bridgehead atoms. The summed E-state index contributed by atoms with van der Waals surface area (Å²) in [5.41, 5.74) is 0.981. The molecule has 0 aromatic heterocycles. The summed E-state index contributed by atoms with van der Waals surface area (Å²) in [7, 11) is 0. The molecule has 0 saturated heterocycles. The zero-order valence-corrected chi connectivity index (χ0v) is 11.3. The second-order valence-electron chi connectivity index (χ2n) is 5.36. The SMILES string of the molecule is CC(C)CC[C@@H](CC(=O)[O-])c1ccc2c(c1)OCO2. The molecule has 0 radical (unpaired) electrons. The molecule has 0 amide bonds. The molecule has 1 aromatic carbocycles. The zero-order valence-electron chi connectivity index (χ0n) is 11.3. The summed E-state index contributed by atoms with van der Waals surface area (Å²) in [6.07, 6.45) is 1.88. The molecule has 1 aliphatic rings. The van der Waals surface area contributed by atoms with E-state index in [4.69, 9.17) is 9.47 Å². The number of carboxylic acid groups (broad SMARTS) is 1. The second kappa shape index (κ2) is 5.95. The summed E-state index contributed by atoms with van der Waals surface area (Å²) in [5, 5.41) is 10.9. The smallest absolute Gasteiger partial charge is 0.231 e. The first-order chi connectivity index (χ1) is 9.06. The van der Waals surface area contributed by atoms with E-state index in [9.17, 15) is 9.90 Å². The number of carbonyl (C=O) groups excluding carboxylic acids is 1. The molecule has 1 aromatic rings. The number of benzene rings is 1. The fourth-order valence-corrected chi connectivity index (χ4v) is 2.29. The van der Waals surface area contributed by atoms with E-state index in [1.165, 1.54) is 0 Å². The number of hydrogen-bond donors (Lipinski definition) is 0. The largest absolute Gasteiger partial charge is 0.550 e. The van der Waals surface area contributed by atoms with E-state index in [0.29, 0.717) is 11.7 Å². The topological polar surface area (TPSA) is 58.6 Å². The summed E-state index contributed by atoms with van der Waals surface area (Å²) in [4.78, 5) is 10.9. The summed E-state index contributed by atoms with van der Waals surface area (Å²) in [6.45, 7) is 4.50. The number of carboxylic acids is 1. The van der Waals surface area contributed by atoms with E-state index >= 15 is 0 Å². The lowest BCUT2D eigenvalue weighted by molar-refractivity contribution is -0.306. The van der Waals surface area contributed by atoms with Gasteiger partial charge in [-0.05, 0) is 42.4 Å². The van der Waals surface area contributed by atoms with Crippen molar-refractivity contribution in [3.8, 4) is 11.5 Å². The molecule has 0 aliphatic carbocycles. The Morgan fingerprint density at radius 2 is 2.00 bits per heavy atom. The molecule has 4 nitrogen and oxygen atoms in total. The monoisotopic (exact) mass is 263 g/mol. The van der Waals surface area contributed by atoms with E-state index in [1.54, 1.807) is 0 Å². The van der Waals surface area contributed by atoms with Crippen LogP contribution in [0.15, 0.2) is 18.2 Å². The van der Waals surface area contributed by atoms with Crippen LogP contribution in [0.5, 0.6) is 11.5 Å². The summed E-state index contributed by atoms with van der Waals surface area (Å²) >= 11 is 0. The molecule has 0 fully saturated rings.